The van der Waals surface area contributed by atoms with Crippen LogP contribution in [0.3, 0.4) is 0 Å². The van der Waals surface area contributed by atoms with Gasteiger partial charge in [-0.05, 0) is 51.5 Å². The van der Waals surface area contributed by atoms with Crippen molar-refractivity contribution in [2.24, 2.45) is 5.92 Å². The molecule has 2 heteroatoms. The third kappa shape index (κ3) is 2.98. The van der Waals surface area contributed by atoms with Gasteiger partial charge in [-0.15, -0.1) is 0 Å². The second-order valence-electron chi connectivity index (χ2n) is 5.59. The van der Waals surface area contributed by atoms with E-state index in [-0.39, 0.29) is 0 Å². The fourth-order valence-electron chi connectivity index (χ4n) is 3.12. The summed E-state index contributed by atoms with van der Waals surface area (Å²) in [5.41, 5.74) is 0. The lowest BCUT2D eigenvalue weighted by molar-refractivity contribution is -0.0859. The van der Waals surface area contributed by atoms with Gasteiger partial charge in [-0.25, -0.2) is 0 Å². The number of likely N-dealkylation sites (N-methyl/N-ethyl adjacent to an activating group) is 1. The Morgan fingerprint density at radius 3 is 2.56 bits per heavy atom. The molecule has 0 aromatic rings. The molecule has 0 bridgehead atoms. The molecule has 16 heavy (non-hydrogen) atoms. The summed E-state index contributed by atoms with van der Waals surface area (Å²) < 4.78 is 6.24. The molecule has 3 unspecified atom stereocenters. The van der Waals surface area contributed by atoms with Gasteiger partial charge < -0.3 is 10.1 Å². The number of ether oxygens (including phenoxy) is 1. The van der Waals surface area contributed by atoms with Gasteiger partial charge >= 0.3 is 0 Å². The quantitative estimate of drug-likeness (QED) is 0.776. The van der Waals surface area contributed by atoms with Crippen molar-refractivity contribution in [3.8, 4) is 0 Å². The van der Waals surface area contributed by atoms with Crippen LogP contribution in [0.5, 0.6) is 0 Å². The Balaban J connectivity index is 1.83. The minimum Gasteiger partial charge on any atom is -0.373 e. The average molecular weight is 225 g/mol. The molecule has 0 spiro atoms. The van der Waals surface area contributed by atoms with E-state index in [1.165, 1.54) is 51.4 Å². The summed E-state index contributed by atoms with van der Waals surface area (Å²) in [4.78, 5) is 0. The van der Waals surface area contributed by atoms with Crippen molar-refractivity contribution in [1.82, 2.24) is 5.32 Å². The fraction of sp³-hybridized carbons (Fsp3) is 1.00. The predicted molar refractivity (Wildman–Crippen MR) is 67.6 cm³/mol. The Morgan fingerprint density at radius 2 is 2.00 bits per heavy atom. The van der Waals surface area contributed by atoms with Crippen LogP contribution in [0.2, 0.25) is 0 Å². The predicted octanol–water partition coefficient (Wildman–Crippen LogP) is 3.11. The highest BCUT2D eigenvalue weighted by Crippen LogP contribution is 2.33. The van der Waals surface area contributed by atoms with Crippen molar-refractivity contribution in [2.75, 3.05) is 7.05 Å². The third-order valence-corrected chi connectivity index (χ3v) is 4.39. The van der Waals surface area contributed by atoms with Gasteiger partial charge in [0.25, 0.3) is 0 Å². The largest absolute Gasteiger partial charge is 0.373 e. The van der Waals surface area contributed by atoms with Gasteiger partial charge in [0.15, 0.2) is 0 Å². The Hall–Kier alpha value is -0.0800. The van der Waals surface area contributed by atoms with Gasteiger partial charge in [0.05, 0.1) is 12.2 Å². The van der Waals surface area contributed by atoms with Crippen LogP contribution in [-0.4, -0.2) is 25.3 Å². The maximum Gasteiger partial charge on any atom is 0.0734 e. The molecule has 0 amide bonds. The molecule has 2 rings (SSSR count). The Labute approximate surface area is 100 Å². The highest BCUT2D eigenvalue weighted by atomic mass is 16.5. The SMILES string of the molecule is CCCC1CCC(NC)C(OC2CCC2)C1. The first kappa shape index (κ1) is 12.4. The first-order valence-electron chi connectivity index (χ1n) is 7.16. The molecule has 2 aliphatic rings. The zero-order valence-corrected chi connectivity index (χ0v) is 10.9. The van der Waals surface area contributed by atoms with Crippen LogP contribution in [-0.2, 0) is 4.74 Å². The normalized spacial score (nSPS) is 36.0. The number of hydrogen-bond donors (Lipinski definition) is 1. The van der Waals surface area contributed by atoms with E-state index in [0.717, 1.165) is 5.92 Å². The van der Waals surface area contributed by atoms with Crippen molar-refractivity contribution in [3.63, 3.8) is 0 Å². The number of hydrogen-bond acceptors (Lipinski definition) is 2. The lowest BCUT2D eigenvalue weighted by Gasteiger charge is -2.40. The van der Waals surface area contributed by atoms with Crippen LogP contribution in [0.15, 0.2) is 0 Å². The maximum atomic E-state index is 6.24. The van der Waals surface area contributed by atoms with Crippen LogP contribution in [0, 0.1) is 5.92 Å². The van der Waals surface area contributed by atoms with Crippen LogP contribution in [0.4, 0.5) is 0 Å². The van der Waals surface area contributed by atoms with Crippen molar-refractivity contribution in [1.29, 1.82) is 0 Å². The minimum absolute atomic E-state index is 0.487. The first-order chi connectivity index (χ1) is 7.83. The topological polar surface area (TPSA) is 21.3 Å². The molecule has 0 saturated heterocycles. The minimum atomic E-state index is 0.487. The van der Waals surface area contributed by atoms with Gasteiger partial charge in [-0.2, -0.15) is 0 Å². The van der Waals surface area contributed by atoms with Crippen molar-refractivity contribution < 1.29 is 4.74 Å². The van der Waals surface area contributed by atoms with E-state index in [2.05, 4.69) is 19.3 Å². The molecule has 0 aliphatic heterocycles. The summed E-state index contributed by atoms with van der Waals surface area (Å²) in [6.45, 7) is 2.30. The molecule has 2 aliphatic carbocycles. The van der Waals surface area contributed by atoms with Gasteiger partial charge in [0.2, 0.25) is 0 Å². The first-order valence-corrected chi connectivity index (χ1v) is 7.16. The van der Waals surface area contributed by atoms with Crippen molar-refractivity contribution in [2.45, 2.75) is 76.5 Å². The van der Waals surface area contributed by atoms with E-state index in [9.17, 15) is 0 Å². The summed E-state index contributed by atoms with van der Waals surface area (Å²) in [5, 5.41) is 3.45. The Kier molecular flexibility index (Phi) is 4.66. The third-order valence-electron chi connectivity index (χ3n) is 4.39. The van der Waals surface area contributed by atoms with E-state index >= 15 is 0 Å². The fourth-order valence-corrected chi connectivity index (χ4v) is 3.12. The van der Waals surface area contributed by atoms with Gasteiger partial charge in [0.1, 0.15) is 0 Å². The maximum absolute atomic E-state index is 6.24. The molecule has 3 atom stereocenters. The number of rotatable bonds is 5. The monoisotopic (exact) mass is 225 g/mol. The van der Waals surface area contributed by atoms with Gasteiger partial charge in [-0.3, -0.25) is 0 Å². The highest BCUT2D eigenvalue weighted by molar-refractivity contribution is 4.86. The summed E-state index contributed by atoms with van der Waals surface area (Å²) in [6, 6.07) is 0.605. The Morgan fingerprint density at radius 1 is 1.19 bits per heavy atom. The summed E-state index contributed by atoms with van der Waals surface area (Å²) in [7, 11) is 2.09. The van der Waals surface area contributed by atoms with E-state index in [0.29, 0.717) is 18.2 Å². The van der Waals surface area contributed by atoms with E-state index in [4.69, 9.17) is 4.74 Å². The summed E-state index contributed by atoms with van der Waals surface area (Å²) in [6.07, 6.45) is 11.7. The zero-order valence-electron chi connectivity index (χ0n) is 10.9. The molecule has 94 valence electrons. The van der Waals surface area contributed by atoms with Crippen molar-refractivity contribution >= 4 is 0 Å². The van der Waals surface area contributed by atoms with E-state index in [1.807, 2.05) is 0 Å². The van der Waals surface area contributed by atoms with Crippen LogP contribution < -0.4 is 5.32 Å². The smallest absolute Gasteiger partial charge is 0.0734 e. The van der Waals surface area contributed by atoms with E-state index in [1.54, 1.807) is 0 Å². The van der Waals surface area contributed by atoms with Crippen LogP contribution in [0.25, 0.3) is 0 Å². The molecule has 2 nitrogen and oxygen atoms in total. The lowest BCUT2D eigenvalue weighted by atomic mass is 9.81. The molecular weight excluding hydrogens is 198 g/mol. The lowest BCUT2D eigenvalue weighted by Crippen LogP contribution is -2.46. The summed E-state index contributed by atoms with van der Waals surface area (Å²) >= 11 is 0. The molecule has 0 radical (unpaired) electrons. The van der Waals surface area contributed by atoms with Crippen molar-refractivity contribution in [3.05, 3.63) is 0 Å². The molecule has 0 aromatic heterocycles. The molecule has 2 saturated carbocycles. The van der Waals surface area contributed by atoms with Crippen LogP contribution >= 0.6 is 0 Å². The highest BCUT2D eigenvalue weighted by Gasteiger charge is 2.32. The molecule has 2 fully saturated rings. The summed E-state index contributed by atoms with van der Waals surface area (Å²) in [5.74, 6) is 0.916. The van der Waals surface area contributed by atoms with E-state index < -0.39 is 0 Å². The molecule has 1 N–H and O–H groups in total. The average Bonchev–Trinajstić information content (AvgIpc) is 2.24. The zero-order chi connectivity index (χ0) is 11.4. The van der Waals surface area contributed by atoms with Gasteiger partial charge in [-0.1, -0.05) is 19.8 Å². The second-order valence-corrected chi connectivity index (χ2v) is 5.59. The standard InChI is InChI=1S/C14H27NO/c1-3-5-11-8-9-13(15-2)14(10-11)16-12-6-4-7-12/h11-15H,3-10H2,1-2H3. The van der Waals surface area contributed by atoms with Crippen LogP contribution in [0.1, 0.15) is 58.3 Å². The number of nitrogens with one attached hydrogen (secondary N) is 1. The second kappa shape index (κ2) is 6.02. The molecular formula is C14H27NO. The Bertz CT molecular complexity index is 203. The van der Waals surface area contributed by atoms with Gasteiger partial charge in [0, 0.05) is 6.04 Å². The molecule has 0 heterocycles. The molecule has 0 aromatic carbocycles.